The number of hydrogen-bond donors (Lipinski definition) is 3. The summed E-state index contributed by atoms with van der Waals surface area (Å²) in [6.45, 7) is 2.07. The van der Waals surface area contributed by atoms with Gasteiger partial charge in [-0.25, -0.2) is 0 Å². The lowest BCUT2D eigenvalue weighted by Gasteiger charge is -2.29. The molecule has 0 heterocycles. The van der Waals surface area contributed by atoms with Crippen LogP contribution in [0.4, 0.5) is 5.69 Å². The summed E-state index contributed by atoms with van der Waals surface area (Å²) in [4.78, 5) is 24.3. The Hall–Kier alpha value is -2.66. The highest BCUT2D eigenvalue weighted by atomic mass is 16.3. The van der Waals surface area contributed by atoms with E-state index in [-0.39, 0.29) is 12.5 Å². The molecule has 1 unspecified atom stereocenters. The van der Waals surface area contributed by atoms with Gasteiger partial charge in [-0.05, 0) is 48.4 Å². The molecule has 5 nitrogen and oxygen atoms in total. The van der Waals surface area contributed by atoms with Crippen LogP contribution in [-0.2, 0) is 21.6 Å². The SMILES string of the molecule is CCc1ccc(NC(=O)C(=O)NCC(O)(c2ccccc2)C2CC2)cc1. The number of amides is 2. The van der Waals surface area contributed by atoms with E-state index in [4.69, 9.17) is 0 Å². The monoisotopic (exact) mass is 352 g/mol. The minimum Gasteiger partial charge on any atom is -0.383 e. The van der Waals surface area contributed by atoms with Gasteiger partial charge >= 0.3 is 11.8 Å². The molecule has 5 heteroatoms. The Kier molecular flexibility index (Phi) is 5.38. The zero-order valence-corrected chi connectivity index (χ0v) is 14.9. The summed E-state index contributed by atoms with van der Waals surface area (Å²) < 4.78 is 0. The summed E-state index contributed by atoms with van der Waals surface area (Å²) in [5.41, 5.74) is 1.35. The molecule has 1 fully saturated rings. The molecule has 0 radical (unpaired) electrons. The number of rotatable bonds is 6. The van der Waals surface area contributed by atoms with E-state index in [9.17, 15) is 14.7 Å². The number of nitrogens with one attached hydrogen (secondary N) is 2. The molecule has 2 aromatic carbocycles. The smallest absolute Gasteiger partial charge is 0.313 e. The summed E-state index contributed by atoms with van der Waals surface area (Å²) in [7, 11) is 0. The summed E-state index contributed by atoms with van der Waals surface area (Å²) in [5.74, 6) is -1.38. The first-order chi connectivity index (χ1) is 12.5. The van der Waals surface area contributed by atoms with Crippen LogP contribution in [0.15, 0.2) is 54.6 Å². The summed E-state index contributed by atoms with van der Waals surface area (Å²) in [6, 6.07) is 16.7. The number of hydrogen-bond acceptors (Lipinski definition) is 3. The highest BCUT2D eigenvalue weighted by Gasteiger charge is 2.45. The van der Waals surface area contributed by atoms with Crippen LogP contribution in [0.2, 0.25) is 0 Å². The molecule has 0 bridgehead atoms. The van der Waals surface area contributed by atoms with Gasteiger partial charge in [-0.2, -0.15) is 0 Å². The molecule has 1 atom stereocenters. The Morgan fingerprint density at radius 1 is 1.04 bits per heavy atom. The molecular formula is C21H24N2O3. The van der Waals surface area contributed by atoms with Crippen LogP contribution in [0.3, 0.4) is 0 Å². The molecule has 1 saturated carbocycles. The molecule has 0 saturated heterocycles. The van der Waals surface area contributed by atoms with Gasteiger partial charge in [0.15, 0.2) is 0 Å². The maximum Gasteiger partial charge on any atom is 0.313 e. The fraction of sp³-hybridized carbons (Fsp3) is 0.333. The molecule has 3 N–H and O–H groups in total. The van der Waals surface area contributed by atoms with Gasteiger partial charge in [0.05, 0.1) is 6.54 Å². The Labute approximate surface area is 153 Å². The minimum atomic E-state index is -1.14. The fourth-order valence-corrected chi connectivity index (χ4v) is 3.08. The van der Waals surface area contributed by atoms with E-state index in [1.807, 2.05) is 42.5 Å². The van der Waals surface area contributed by atoms with E-state index in [0.29, 0.717) is 5.69 Å². The second-order valence-corrected chi connectivity index (χ2v) is 6.75. The average Bonchev–Trinajstić information content (AvgIpc) is 3.53. The molecule has 2 aromatic rings. The number of carbonyl (C=O) groups excluding carboxylic acids is 2. The Morgan fingerprint density at radius 2 is 1.69 bits per heavy atom. The molecule has 1 aliphatic carbocycles. The summed E-state index contributed by atoms with van der Waals surface area (Å²) in [5, 5.41) is 16.2. The van der Waals surface area contributed by atoms with Crippen molar-refractivity contribution in [2.45, 2.75) is 31.8 Å². The van der Waals surface area contributed by atoms with E-state index in [2.05, 4.69) is 17.6 Å². The summed E-state index contributed by atoms with van der Waals surface area (Å²) >= 11 is 0. The average molecular weight is 352 g/mol. The lowest BCUT2D eigenvalue weighted by atomic mass is 9.88. The number of anilines is 1. The molecule has 1 aliphatic rings. The molecular weight excluding hydrogens is 328 g/mol. The Balaban J connectivity index is 1.60. The van der Waals surface area contributed by atoms with Crippen LogP contribution in [0.5, 0.6) is 0 Å². The highest BCUT2D eigenvalue weighted by Crippen LogP contribution is 2.45. The van der Waals surface area contributed by atoms with Crippen molar-refractivity contribution < 1.29 is 14.7 Å². The molecule has 0 aromatic heterocycles. The number of aliphatic hydroxyl groups is 1. The fourth-order valence-electron chi connectivity index (χ4n) is 3.08. The molecule has 3 rings (SSSR count). The normalized spacial score (nSPS) is 15.8. The lowest BCUT2D eigenvalue weighted by molar-refractivity contribution is -0.137. The van der Waals surface area contributed by atoms with Gasteiger partial charge in [-0.1, -0.05) is 49.4 Å². The highest BCUT2D eigenvalue weighted by molar-refractivity contribution is 6.39. The molecule has 0 aliphatic heterocycles. The van der Waals surface area contributed by atoms with Crippen LogP contribution in [0, 0.1) is 5.92 Å². The van der Waals surface area contributed by atoms with Crippen molar-refractivity contribution in [3.63, 3.8) is 0 Å². The first-order valence-electron chi connectivity index (χ1n) is 8.99. The first kappa shape index (κ1) is 18.1. The van der Waals surface area contributed by atoms with Gasteiger partial charge in [0.2, 0.25) is 0 Å². The maximum absolute atomic E-state index is 12.2. The second-order valence-electron chi connectivity index (χ2n) is 6.75. The van der Waals surface area contributed by atoms with Crippen molar-refractivity contribution in [2.75, 3.05) is 11.9 Å². The predicted octanol–water partition coefficient (Wildman–Crippen LogP) is 2.60. The standard InChI is InChI=1S/C21H24N2O3/c1-2-15-8-12-18(13-9-15)23-20(25)19(24)22-14-21(26,17-10-11-17)16-6-4-3-5-7-16/h3-9,12-13,17,26H,2,10-11,14H2,1H3,(H,22,24)(H,23,25). The van der Waals surface area contributed by atoms with Crippen LogP contribution < -0.4 is 10.6 Å². The van der Waals surface area contributed by atoms with E-state index in [0.717, 1.165) is 30.4 Å². The topological polar surface area (TPSA) is 78.4 Å². The van der Waals surface area contributed by atoms with Crippen LogP contribution in [0.1, 0.15) is 30.9 Å². The van der Waals surface area contributed by atoms with Crippen molar-refractivity contribution in [1.29, 1.82) is 0 Å². The van der Waals surface area contributed by atoms with Crippen molar-refractivity contribution >= 4 is 17.5 Å². The van der Waals surface area contributed by atoms with Crippen molar-refractivity contribution in [3.05, 3.63) is 65.7 Å². The third kappa shape index (κ3) is 4.11. The van der Waals surface area contributed by atoms with Crippen molar-refractivity contribution in [3.8, 4) is 0 Å². The zero-order chi connectivity index (χ0) is 18.6. The Morgan fingerprint density at radius 3 is 2.27 bits per heavy atom. The molecule has 136 valence electrons. The Bertz CT molecular complexity index is 770. The third-order valence-electron chi connectivity index (χ3n) is 4.87. The van der Waals surface area contributed by atoms with E-state index < -0.39 is 17.4 Å². The second kappa shape index (κ2) is 7.70. The van der Waals surface area contributed by atoms with Crippen LogP contribution in [-0.4, -0.2) is 23.5 Å². The van der Waals surface area contributed by atoms with E-state index in [1.54, 1.807) is 12.1 Å². The van der Waals surface area contributed by atoms with E-state index >= 15 is 0 Å². The third-order valence-corrected chi connectivity index (χ3v) is 4.87. The minimum absolute atomic E-state index is 0.0166. The maximum atomic E-state index is 12.2. The van der Waals surface area contributed by atoms with Gasteiger partial charge in [0.1, 0.15) is 5.60 Å². The predicted molar refractivity (Wildman–Crippen MR) is 101 cm³/mol. The molecule has 0 spiro atoms. The number of benzene rings is 2. The zero-order valence-electron chi connectivity index (χ0n) is 14.9. The quantitative estimate of drug-likeness (QED) is 0.699. The van der Waals surface area contributed by atoms with Gasteiger partial charge in [0, 0.05) is 5.69 Å². The number of aryl methyl sites for hydroxylation is 1. The lowest BCUT2D eigenvalue weighted by Crippen LogP contribution is -2.45. The first-order valence-corrected chi connectivity index (χ1v) is 8.99. The van der Waals surface area contributed by atoms with Gasteiger partial charge < -0.3 is 15.7 Å². The van der Waals surface area contributed by atoms with E-state index in [1.165, 1.54) is 0 Å². The van der Waals surface area contributed by atoms with Crippen LogP contribution >= 0.6 is 0 Å². The molecule has 2 amide bonds. The van der Waals surface area contributed by atoms with Crippen molar-refractivity contribution in [2.24, 2.45) is 5.92 Å². The van der Waals surface area contributed by atoms with Gasteiger partial charge in [-0.15, -0.1) is 0 Å². The van der Waals surface area contributed by atoms with Gasteiger partial charge in [-0.3, -0.25) is 9.59 Å². The van der Waals surface area contributed by atoms with Gasteiger partial charge in [0.25, 0.3) is 0 Å². The van der Waals surface area contributed by atoms with Crippen LogP contribution in [0.25, 0.3) is 0 Å². The largest absolute Gasteiger partial charge is 0.383 e. The summed E-state index contributed by atoms with van der Waals surface area (Å²) in [6.07, 6.45) is 2.74. The molecule has 26 heavy (non-hydrogen) atoms. The number of carbonyl (C=O) groups is 2. The van der Waals surface area contributed by atoms with Crippen molar-refractivity contribution in [1.82, 2.24) is 5.32 Å².